The summed E-state index contributed by atoms with van der Waals surface area (Å²) in [5, 5.41) is 13.7. The Morgan fingerprint density at radius 2 is 1.82 bits per heavy atom. The molecular formula is C19H23N5O6S3. The van der Waals surface area contributed by atoms with Gasteiger partial charge in [-0.2, -0.15) is 0 Å². The maximum absolute atomic E-state index is 12.4. The van der Waals surface area contributed by atoms with Crippen LogP contribution in [0.3, 0.4) is 0 Å². The number of amides is 2. The van der Waals surface area contributed by atoms with Crippen molar-refractivity contribution < 1.29 is 27.5 Å². The molecule has 11 nitrogen and oxygen atoms in total. The second-order valence-corrected chi connectivity index (χ2v) is 11.4. The number of rotatable bonds is 8. The molecule has 2 aromatic rings. The van der Waals surface area contributed by atoms with E-state index in [1.54, 1.807) is 24.3 Å². The van der Waals surface area contributed by atoms with Gasteiger partial charge in [-0.25, -0.2) is 17.5 Å². The molecule has 178 valence electrons. The van der Waals surface area contributed by atoms with Gasteiger partial charge >= 0.3 is 5.97 Å². The molecule has 0 aliphatic carbocycles. The minimum absolute atomic E-state index is 0.0886. The van der Waals surface area contributed by atoms with Gasteiger partial charge in [-0.05, 0) is 37.1 Å². The van der Waals surface area contributed by atoms with Gasteiger partial charge < -0.3 is 15.4 Å². The molecule has 1 aromatic carbocycles. The fraction of sp³-hybridized carbons (Fsp3) is 0.421. The van der Waals surface area contributed by atoms with Crippen LogP contribution in [-0.2, 0) is 24.3 Å². The normalized spacial score (nSPS) is 15.1. The number of carbonyl (C=O) groups excluding carboxylic acids is 3. The molecular weight excluding hydrogens is 490 g/mol. The van der Waals surface area contributed by atoms with Gasteiger partial charge in [0, 0.05) is 24.7 Å². The third kappa shape index (κ3) is 7.22. The van der Waals surface area contributed by atoms with Crippen LogP contribution in [-0.4, -0.2) is 72.9 Å². The highest BCUT2D eigenvalue weighted by Gasteiger charge is 2.29. The van der Waals surface area contributed by atoms with Crippen molar-refractivity contribution in [2.45, 2.75) is 17.2 Å². The fourth-order valence-electron chi connectivity index (χ4n) is 3.11. The Labute approximate surface area is 199 Å². The van der Waals surface area contributed by atoms with E-state index in [0.29, 0.717) is 46.7 Å². The number of thioether (sulfide) groups is 1. The Hall–Kier alpha value is -2.55. The number of aromatic nitrogens is 2. The van der Waals surface area contributed by atoms with Crippen molar-refractivity contribution >= 4 is 61.7 Å². The zero-order valence-corrected chi connectivity index (χ0v) is 20.4. The molecule has 1 saturated heterocycles. The molecule has 33 heavy (non-hydrogen) atoms. The molecule has 2 N–H and O–H groups in total. The van der Waals surface area contributed by atoms with Crippen LogP contribution in [0.1, 0.15) is 23.2 Å². The van der Waals surface area contributed by atoms with Gasteiger partial charge in [-0.3, -0.25) is 9.59 Å². The minimum Gasteiger partial charge on any atom is -0.465 e. The number of anilines is 2. The van der Waals surface area contributed by atoms with Crippen LogP contribution in [0.15, 0.2) is 28.6 Å². The molecule has 0 saturated carbocycles. The van der Waals surface area contributed by atoms with Gasteiger partial charge in [0.1, 0.15) is 0 Å². The molecule has 0 radical (unpaired) electrons. The summed E-state index contributed by atoms with van der Waals surface area (Å²) >= 11 is 2.34. The molecule has 2 amide bonds. The van der Waals surface area contributed by atoms with E-state index in [1.165, 1.54) is 23.2 Å². The lowest BCUT2D eigenvalue weighted by molar-refractivity contribution is -0.121. The summed E-state index contributed by atoms with van der Waals surface area (Å²) in [7, 11) is -1.95. The van der Waals surface area contributed by atoms with Crippen LogP contribution in [0, 0.1) is 5.92 Å². The average Bonchev–Trinajstić information content (AvgIpc) is 3.24. The number of carbonyl (C=O) groups is 3. The maximum atomic E-state index is 12.4. The lowest BCUT2D eigenvalue weighted by Crippen LogP contribution is -2.40. The van der Waals surface area contributed by atoms with Gasteiger partial charge in [0.05, 0.1) is 24.7 Å². The summed E-state index contributed by atoms with van der Waals surface area (Å²) in [6.07, 6.45) is 2.05. The van der Waals surface area contributed by atoms with Gasteiger partial charge in [-0.15, -0.1) is 10.2 Å². The predicted molar refractivity (Wildman–Crippen MR) is 125 cm³/mol. The van der Waals surface area contributed by atoms with Crippen molar-refractivity contribution in [2.24, 2.45) is 5.92 Å². The third-order valence-corrected chi connectivity index (χ3v) is 8.12. The number of esters is 1. The first-order valence-electron chi connectivity index (χ1n) is 9.86. The SMILES string of the molecule is COC(=O)c1ccc(NC(=O)CSc2nnc(NC(=O)C3CCN(S(C)(=O)=O)CC3)s2)cc1. The van der Waals surface area contributed by atoms with E-state index in [9.17, 15) is 22.8 Å². The van der Waals surface area contributed by atoms with Crippen LogP contribution in [0.2, 0.25) is 0 Å². The molecule has 0 spiro atoms. The standard InChI is InChI=1S/C19H23N5O6S3/c1-30-17(27)13-3-5-14(6-4-13)20-15(25)11-31-19-23-22-18(32-19)21-16(26)12-7-9-24(10-8-12)33(2,28)29/h3-6,12H,7-11H2,1-2H3,(H,20,25)(H,21,22,26). The van der Waals surface area contributed by atoms with E-state index in [-0.39, 0.29) is 23.5 Å². The average molecular weight is 514 g/mol. The number of hydrogen-bond acceptors (Lipinski definition) is 10. The molecule has 3 rings (SSSR count). The Bertz CT molecular complexity index is 1110. The van der Waals surface area contributed by atoms with Gasteiger partial charge in [0.15, 0.2) is 4.34 Å². The van der Waals surface area contributed by atoms with E-state index >= 15 is 0 Å². The van der Waals surface area contributed by atoms with Crippen molar-refractivity contribution in [3.05, 3.63) is 29.8 Å². The summed E-state index contributed by atoms with van der Waals surface area (Å²) in [6, 6.07) is 6.32. The molecule has 0 unspecified atom stereocenters. The van der Waals surface area contributed by atoms with Crippen LogP contribution in [0.5, 0.6) is 0 Å². The molecule has 0 atom stereocenters. The van der Waals surface area contributed by atoms with Crippen molar-refractivity contribution in [3.63, 3.8) is 0 Å². The molecule has 1 aliphatic rings. The Kier molecular flexibility index (Phi) is 8.40. The largest absolute Gasteiger partial charge is 0.465 e. The second-order valence-electron chi connectivity index (χ2n) is 7.20. The summed E-state index contributed by atoms with van der Waals surface area (Å²) < 4.78 is 29.7. The molecule has 1 fully saturated rings. The number of benzene rings is 1. The fourth-order valence-corrected chi connectivity index (χ4v) is 5.54. The van der Waals surface area contributed by atoms with E-state index in [1.807, 2.05) is 0 Å². The van der Waals surface area contributed by atoms with E-state index in [2.05, 4.69) is 25.6 Å². The van der Waals surface area contributed by atoms with E-state index in [4.69, 9.17) is 0 Å². The zero-order chi connectivity index (χ0) is 24.0. The van der Waals surface area contributed by atoms with Gasteiger partial charge in [0.25, 0.3) is 0 Å². The summed E-state index contributed by atoms with van der Waals surface area (Å²) in [4.78, 5) is 36.1. The Morgan fingerprint density at radius 3 is 2.42 bits per heavy atom. The second kappa shape index (κ2) is 11.0. The quantitative estimate of drug-likeness (QED) is 0.305. The molecule has 1 aliphatic heterocycles. The van der Waals surface area contributed by atoms with Crippen molar-refractivity contribution in [1.29, 1.82) is 0 Å². The highest BCUT2D eigenvalue weighted by Crippen LogP contribution is 2.27. The first-order chi connectivity index (χ1) is 15.7. The predicted octanol–water partition coefficient (Wildman–Crippen LogP) is 1.67. The molecule has 0 bridgehead atoms. The number of methoxy groups -OCH3 is 1. The number of ether oxygens (including phenoxy) is 1. The summed E-state index contributed by atoms with van der Waals surface area (Å²) in [6.45, 7) is 0.628. The Balaban J connectivity index is 1.43. The lowest BCUT2D eigenvalue weighted by atomic mass is 9.97. The third-order valence-electron chi connectivity index (χ3n) is 4.85. The van der Waals surface area contributed by atoms with E-state index in [0.717, 1.165) is 17.6 Å². The van der Waals surface area contributed by atoms with Crippen LogP contribution >= 0.6 is 23.1 Å². The highest BCUT2D eigenvalue weighted by molar-refractivity contribution is 8.01. The molecule has 2 heterocycles. The topological polar surface area (TPSA) is 148 Å². The number of hydrogen-bond donors (Lipinski definition) is 2. The zero-order valence-electron chi connectivity index (χ0n) is 17.9. The first-order valence-corrected chi connectivity index (χ1v) is 13.5. The van der Waals surface area contributed by atoms with Crippen molar-refractivity contribution in [2.75, 3.05) is 42.8 Å². The lowest BCUT2D eigenvalue weighted by Gasteiger charge is -2.29. The highest BCUT2D eigenvalue weighted by atomic mass is 32.2. The van der Waals surface area contributed by atoms with E-state index < -0.39 is 16.0 Å². The number of nitrogens with one attached hydrogen (secondary N) is 2. The van der Waals surface area contributed by atoms with Gasteiger partial charge in [-0.1, -0.05) is 23.1 Å². The van der Waals surface area contributed by atoms with Crippen molar-refractivity contribution in [1.82, 2.24) is 14.5 Å². The van der Waals surface area contributed by atoms with Gasteiger partial charge in [0.2, 0.25) is 27.0 Å². The maximum Gasteiger partial charge on any atom is 0.337 e. The smallest absolute Gasteiger partial charge is 0.337 e. The monoisotopic (exact) mass is 513 g/mol. The number of sulfonamides is 1. The van der Waals surface area contributed by atoms with Crippen LogP contribution in [0.4, 0.5) is 10.8 Å². The Morgan fingerprint density at radius 1 is 1.15 bits per heavy atom. The number of piperidine rings is 1. The minimum atomic E-state index is -3.24. The van der Waals surface area contributed by atoms with Crippen LogP contribution < -0.4 is 10.6 Å². The van der Waals surface area contributed by atoms with Crippen molar-refractivity contribution in [3.8, 4) is 0 Å². The molecule has 1 aromatic heterocycles. The van der Waals surface area contributed by atoms with Crippen LogP contribution in [0.25, 0.3) is 0 Å². The summed E-state index contributed by atoms with van der Waals surface area (Å²) in [5.74, 6) is -1.14. The summed E-state index contributed by atoms with van der Waals surface area (Å²) in [5.41, 5.74) is 0.926. The number of nitrogens with zero attached hydrogens (tertiary/aromatic N) is 3. The first kappa shape index (κ1) is 25.1. The molecule has 14 heteroatoms.